The molecular weight excluding hydrogens is 306 g/mol. The van der Waals surface area contributed by atoms with E-state index in [1.165, 1.54) is 0 Å². The topological polar surface area (TPSA) is 109 Å². The minimum atomic E-state index is -0.571. The Labute approximate surface area is 143 Å². The van der Waals surface area contributed by atoms with E-state index in [0.29, 0.717) is 24.1 Å². The first-order valence-corrected chi connectivity index (χ1v) is 7.96. The Morgan fingerprint density at radius 2 is 1.75 bits per heavy atom. The third kappa shape index (κ3) is 6.68. The van der Waals surface area contributed by atoms with Crippen molar-refractivity contribution >= 4 is 17.8 Å². The van der Waals surface area contributed by atoms with Crippen LogP contribution in [0.1, 0.15) is 36.7 Å². The number of nitrogens with two attached hydrogens (primary N) is 1. The average Bonchev–Trinajstić information content (AvgIpc) is 2.56. The molecule has 7 nitrogen and oxygen atoms in total. The van der Waals surface area contributed by atoms with Crippen LogP contribution in [0.4, 0.5) is 0 Å². The molecular formula is C17H27N5O2. The summed E-state index contributed by atoms with van der Waals surface area (Å²) in [5.41, 5.74) is 6.50. The summed E-state index contributed by atoms with van der Waals surface area (Å²) < 4.78 is 0. The molecule has 0 radical (unpaired) electrons. The quantitative estimate of drug-likeness (QED) is 0.433. The van der Waals surface area contributed by atoms with E-state index in [1.54, 1.807) is 19.2 Å². The Hall–Kier alpha value is -2.57. The van der Waals surface area contributed by atoms with Crippen molar-refractivity contribution < 1.29 is 9.59 Å². The zero-order chi connectivity index (χ0) is 18.1. The lowest BCUT2D eigenvalue weighted by atomic mass is 10.1. The van der Waals surface area contributed by atoms with Gasteiger partial charge >= 0.3 is 0 Å². The molecule has 7 heteroatoms. The lowest BCUT2D eigenvalue weighted by molar-refractivity contribution is -0.117. The second-order valence-corrected chi connectivity index (χ2v) is 5.95. The van der Waals surface area contributed by atoms with E-state index in [-0.39, 0.29) is 12.5 Å². The highest BCUT2D eigenvalue weighted by Crippen LogP contribution is 2.05. The maximum absolute atomic E-state index is 11.8. The lowest BCUT2D eigenvalue weighted by Crippen LogP contribution is -2.43. The number of guanidine groups is 1. The van der Waals surface area contributed by atoms with Crippen LogP contribution in [0.25, 0.3) is 0 Å². The normalized spacial score (nSPS) is 12.6. The van der Waals surface area contributed by atoms with Crippen LogP contribution in [0.2, 0.25) is 0 Å². The van der Waals surface area contributed by atoms with E-state index in [1.807, 2.05) is 12.1 Å². The van der Waals surface area contributed by atoms with Crippen molar-refractivity contribution in [3.05, 3.63) is 35.4 Å². The Balaban J connectivity index is 2.54. The molecule has 0 saturated heterocycles. The largest absolute Gasteiger partial charge is 0.368 e. The number of amides is 2. The van der Waals surface area contributed by atoms with Crippen LogP contribution < -0.4 is 21.7 Å². The van der Waals surface area contributed by atoms with Gasteiger partial charge in [-0.1, -0.05) is 26.0 Å². The molecule has 0 aliphatic carbocycles. The third-order valence-corrected chi connectivity index (χ3v) is 3.69. The van der Waals surface area contributed by atoms with Crippen LogP contribution in [0, 0.1) is 5.92 Å². The van der Waals surface area contributed by atoms with Gasteiger partial charge in [0.05, 0.1) is 6.54 Å². The molecule has 1 unspecified atom stereocenters. The maximum Gasteiger partial charge on any atom is 0.251 e. The molecule has 0 aliphatic heterocycles. The van der Waals surface area contributed by atoms with E-state index < -0.39 is 5.91 Å². The lowest BCUT2D eigenvalue weighted by Gasteiger charge is -2.20. The molecule has 1 aromatic carbocycles. The number of hydrogen-bond donors (Lipinski definition) is 4. The molecule has 24 heavy (non-hydrogen) atoms. The molecule has 1 aromatic rings. The summed E-state index contributed by atoms with van der Waals surface area (Å²) in [6, 6.07) is 7.43. The summed E-state index contributed by atoms with van der Waals surface area (Å²) in [6.45, 7) is 6.82. The van der Waals surface area contributed by atoms with Crippen molar-refractivity contribution in [2.75, 3.05) is 13.6 Å². The van der Waals surface area contributed by atoms with Crippen molar-refractivity contribution in [1.29, 1.82) is 0 Å². The van der Waals surface area contributed by atoms with Crippen molar-refractivity contribution in [3.8, 4) is 0 Å². The van der Waals surface area contributed by atoms with E-state index >= 15 is 0 Å². The summed E-state index contributed by atoms with van der Waals surface area (Å²) in [4.78, 5) is 26.7. The number of carbonyl (C=O) groups excluding carboxylic acids is 2. The molecule has 0 heterocycles. The standard InChI is InChI=1S/C17H27N5O2/c1-11(2)12(3)22-17(19-4)21-9-13-5-7-14(8-6-13)16(24)20-10-15(18)23/h5-8,11-12H,9-10H2,1-4H3,(H2,18,23)(H,20,24)(H2,19,21,22). The van der Waals surface area contributed by atoms with Gasteiger partial charge < -0.3 is 21.7 Å². The fourth-order valence-corrected chi connectivity index (χ4v) is 1.81. The van der Waals surface area contributed by atoms with Crippen LogP contribution in [-0.4, -0.2) is 37.4 Å². The summed E-state index contributed by atoms with van der Waals surface area (Å²) >= 11 is 0. The average molecular weight is 333 g/mol. The minimum absolute atomic E-state index is 0.168. The van der Waals surface area contributed by atoms with E-state index in [2.05, 4.69) is 41.7 Å². The summed E-state index contributed by atoms with van der Waals surface area (Å²) in [5.74, 6) is 0.344. The van der Waals surface area contributed by atoms with Crippen LogP contribution in [0.3, 0.4) is 0 Å². The van der Waals surface area contributed by atoms with Gasteiger partial charge in [0.25, 0.3) is 5.91 Å². The first-order valence-electron chi connectivity index (χ1n) is 7.96. The highest BCUT2D eigenvalue weighted by molar-refractivity contribution is 5.96. The molecule has 0 spiro atoms. The molecule has 0 bridgehead atoms. The molecule has 2 amide bonds. The number of aliphatic imine (C=N–C) groups is 1. The third-order valence-electron chi connectivity index (χ3n) is 3.69. The monoisotopic (exact) mass is 333 g/mol. The Morgan fingerprint density at radius 3 is 2.25 bits per heavy atom. The maximum atomic E-state index is 11.8. The number of nitrogens with one attached hydrogen (secondary N) is 3. The van der Waals surface area contributed by atoms with Gasteiger partial charge in [0.1, 0.15) is 0 Å². The zero-order valence-corrected chi connectivity index (χ0v) is 14.7. The predicted octanol–water partition coefficient (Wildman–Crippen LogP) is 0.611. The van der Waals surface area contributed by atoms with Crippen LogP contribution >= 0.6 is 0 Å². The van der Waals surface area contributed by atoms with Gasteiger partial charge in [0.15, 0.2) is 5.96 Å². The predicted molar refractivity (Wildman–Crippen MR) is 95.6 cm³/mol. The van der Waals surface area contributed by atoms with E-state index in [0.717, 1.165) is 11.5 Å². The van der Waals surface area contributed by atoms with Crippen LogP contribution in [0.15, 0.2) is 29.3 Å². The molecule has 0 saturated carbocycles. The SMILES string of the molecule is CN=C(NCc1ccc(C(=O)NCC(N)=O)cc1)NC(C)C(C)C. The highest BCUT2D eigenvalue weighted by Gasteiger charge is 2.09. The number of rotatable bonds is 7. The Kier molecular flexibility index (Phi) is 7.74. The highest BCUT2D eigenvalue weighted by atomic mass is 16.2. The number of hydrogen-bond acceptors (Lipinski definition) is 3. The Morgan fingerprint density at radius 1 is 1.12 bits per heavy atom. The number of primary amides is 1. The van der Waals surface area contributed by atoms with Gasteiger partial charge in [-0.3, -0.25) is 14.6 Å². The molecule has 0 fully saturated rings. The fraction of sp³-hybridized carbons (Fsp3) is 0.471. The second kappa shape index (κ2) is 9.54. The first kappa shape index (κ1) is 19.5. The molecule has 5 N–H and O–H groups in total. The van der Waals surface area contributed by atoms with Crippen molar-refractivity contribution in [2.24, 2.45) is 16.6 Å². The number of carbonyl (C=O) groups is 2. The first-order chi connectivity index (χ1) is 11.3. The van der Waals surface area contributed by atoms with Gasteiger partial charge in [0, 0.05) is 25.2 Å². The van der Waals surface area contributed by atoms with Gasteiger partial charge in [-0.05, 0) is 30.5 Å². The van der Waals surface area contributed by atoms with Gasteiger partial charge in [-0.15, -0.1) is 0 Å². The van der Waals surface area contributed by atoms with Crippen molar-refractivity contribution in [2.45, 2.75) is 33.4 Å². The van der Waals surface area contributed by atoms with Gasteiger partial charge in [-0.25, -0.2) is 0 Å². The van der Waals surface area contributed by atoms with Gasteiger partial charge in [-0.2, -0.15) is 0 Å². The smallest absolute Gasteiger partial charge is 0.251 e. The fourth-order valence-electron chi connectivity index (χ4n) is 1.81. The van der Waals surface area contributed by atoms with E-state index in [9.17, 15) is 9.59 Å². The molecule has 1 rings (SSSR count). The van der Waals surface area contributed by atoms with E-state index in [4.69, 9.17) is 5.73 Å². The minimum Gasteiger partial charge on any atom is -0.368 e. The number of nitrogens with zero attached hydrogens (tertiary/aromatic N) is 1. The Bertz CT molecular complexity index is 581. The molecule has 0 aromatic heterocycles. The molecule has 132 valence electrons. The zero-order valence-electron chi connectivity index (χ0n) is 14.7. The van der Waals surface area contributed by atoms with Gasteiger partial charge in [0.2, 0.25) is 5.91 Å². The van der Waals surface area contributed by atoms with Crippen molar-refractivity contribution in [1.82, 2.24) is 16.0 Å². The second-order valence-electron chi connectivity index (χ2n) is 5.95. The van der Waals surface area contributed by atoms with Crippen molar-refractivity contribution in [3.63, 3.8) is 0 Å². The summed E-state index contributed by atoms with van der Waals surface area (Å²) in [5, 5.41) is 9.01. The number of benzene rings is 1. The molecule has 0 aliphatic rings. The molecule has 1 atom stereocenters. The van der Waals surface area contributed by atoms with Crippen LogP contribution in [0.5, 0.6) is 0 Å². The summed E-state index contributed by atoms with van der Waals surface area (Å²) in [6.07, 6.45) is 0. The summed E-state index contributed by atoms with van der Waals surface area (Å²) in [7, 11) is 1.73. The van der Waals surface area contributed by atoms with Crippen LogP contribution in [-0.2, 0) is 11.3 Å².